The van der Waals surface area contributed by atoms with Crippen LogP contribution >= 0.6 is 50.5 Å². The van der Waals surface area contributed by atoms with Crippen LogP contribution in [0.2, 0.25) is 0 Å². The van der Waals surface area contributed by atoms with Gasteiger partial charge in [-0.05, 0) is 83.1 Å². The van der Waals surface area contributed by atoms with Gasteiger partial charge in [0.2, 0.25) is 82.7 Å². The zero-order valence-corrected chi connectivity index (χ0v) is 59.6. The largest absolute Gasteiger partial charge is 0.481 e. The Morgan fingerprint density at radius 2 is 0.921 bits per heavy atom. The average molecular weight is 1500 g/mol. The monoisotopic (exact) mass is 1500 g/mol. The van der Waals surface area contributed by atoms with Gasteiger partial charge in [-0.1, -0.05) is 19.8 Å². The van der Waals surface area contributed by atoms with Gasteiger partial charge in [0.05, 0.1) is 25.6 Å². The molecule has 0 aromatic heterocycles. The first-order valence-electron chi connectivity index (χ1n) is 32.4. The fourth-order valence-electron chi connectivity index (χ4n) is 10.4. The number of likely N-dealkylation sites (tertiary alicyclic amines) is 2. The lowest BCUT2D eigenvalue weighted by Crippen LogP contribution is -2.61. The Morgan fingerprint density at radius 3 is 1.36 bits per heavy atom. The number of nitrogens with zero attached hydrogens (tertiary/aromatic N) is 2. The van der Waals surface area contributed by atoms with Crippen molar-refractivity contribution in [3.8, 4) is 12.3 Å². The molecular formula is C59H97N19O19S4. The lowest BCUT2D eigenvalue weighted by Gasteiger charge is -2.31. The second-order valence-corrected chi connectivity index (χ2v) is 25.4. The molecule has 101 heavy (non-hydrogen) atoms. The summed E-state index contributed by atoms with van der Waals surface area (Å²) in [6.07, 6.45) is 3.18. The minimum atomic E-state index is -1.98. The molecule has 2 aliphatic rings. The van der Waals surface area contributed by atoms with Crippen molar-refractivity contribution in [3.05, 3.63) is 0 Å². The summed E-state index contributed by atoms with van der Waals surface area (Å²) in [7, 11) is 0. The second-order valence-electron chi connectivity index (χ2n) is 23.9. The number of hydrogen-bond acceptors (Lipinski definition) is 24. The molecule has 0 bridgehead atoms. The van der Waals surface area contributed by atoms with E-state index in [0.29, 0.717) is 25.7 Å². The van der Waals surface area contributed by atoms with E-state index in [2.05, 4.69) is 120 Å². The van der Waals surface area contributed by atoms with Gasteiger partial charge in [0.15, 0.2) is 5.96 Å². The zero-order chi connectivity index (χ0) is 76.2. The van der Waals surface area contributed by atoms with Crippen LogP contribution in [-0.2, 0) is 76.7 Å². The molecule has 2 saturated heterocycles. The molecule has 2 aliphatic heterocycles. The molecule has 0 aromatic rings. The number of aliphatic hydroxyl groups excluding tert-OH is 1. The summed E-state index contributed by atoms with van der Waals surface area (Å²) in [5, 5.41) is 65.8. The molecule has 2 fully saturated rings. The highest BCUT2D eigenvalue weighted by Crippen LogP contribution is 2.22. The molecule has 24 N–H and O–H groups in total. The van der Waals surface area contributed by atoms with Crippen molar-refractivity contribution in [1.29, 1.82) is 5.41 Å². The predicted molar refractivity (Wildman–Crippen MR) is 376 cm³/mol. The number of guanidine groups is 1. The molecule has 0 aliphatic carbocycles. The van der Waals surface area contributed by atoms with E-state index in [4.69, 9.17) is 34.8 Å². The van der Waals surface area contributed by atoms with E-state index in [1.807, 2.05) is 0 Å². The molecule has 42 heteroatoms. The number of rotatable bonds is 46. The van der Waals surface area contributed by atoms with Gasteiger partial charge in [0.1, 0.15) is 72.5 Å². The molecule has 38 nitrogen and oxygen atoms in total. The topological polar surface area (TPSA) is 613 Å². The number of unbranched alkanes of at least 4 members (excludes halogenated alkanes) is 1. The summed E-state index contributed by atoms with van der Waals surface area (Å²) in [6, 6.07) is -19.3. The molecule has 0 unspecified atom stereocenters. The summed E-state index contributed by atoms with van der Waals surface area (Å²) < 4.78 is 0. The Hall–Kier alpha value is -8.37. The van der Waals surface area contributed by atoms with E-state index in [-0.39, 0.29) is 82.1 Å². The summed E-state index contributed by atoms with van der Waals surface area (Å²) in [5.74, 6) is -16.6. The van der Waals surface area contributed by atoms with Crippen LogP contribution in [0.1, 0.15) is 104 Å². The van der Waals surface area contributed by atoms with Crippen LogP contribution in [0.4, 0.5) is 0 Å². The molecule has 0 aromatic carbocycles. The Labute approximate surface area is 605 Å². The average Bonchev–Trinajstić information content (AvgIpc) is 1.76. The zero-order valence-electron chi connectivity index (χ0n) is 56.0. The van der Waals surface area contributed by atoms with Crippen LogP contribution in [0.25, 0.3) is 0 Å². The van der Waals surface area contributed by atoms with Gasteiger partial charge in [0.25, 0.3) is 0 Å². The number of hydrogen-bond donors (Lipinski definition) is 24. The van der Waals surface area contributed by atoms with E-state index >= 15 is 0 Å². The highest BCUT2D eigenvalue weighted by atomic mass is 32.1. The van der Waals surface area contributed by atoms with Crippen molar-refractivity contribution in [2.24, 2.45) is 28.9 Å². The third-order valence-electron chi connectivity index (χ3n) is 15.8. The van der Waals surface area contributed by atoms with Gasteiger partial charge >= 0.3 is 11.9 Å². The first kappa shape index (κ1) is 88.7. The number of primary amides is 1. The fourth-order valence-corrected chi connectivity index (χ4v) is 11.3. The van der Waals surface area contributed by atoms with Crippen LogP contribution in [0, 0.1) is 23.7 Å². The van der Waals surface area contributed by atoms with E-state index < -0.39 is 230 Å². The number of aliphatic carboxylic acids is 2. The van der Waals surface area contributed by atoms with Crippen molar-refractivity contribution in [2.45, 2.75) is 182 Å². The van der Waals surface area contributed by atoms with E-state index in [1.165, 1.54) is 4.90 Å². The lowest BCUT2D eigenvalue weighted by molar-refractivity contribution is -0.142. The molecule has 0 saturated carbocycles. The summed E-state index contributed by atoms with van der Waals surface area (Å²) in [6.45, 7) is 2.28. The van der Waals surface area contributed by atoms with E-state index in [9.17, 15) is 92.0 Å². The Bertz CT molecular complexity index is 2990. The lowest BCUT2D eigenvalue weighted by atomic mass is 10.0. The molecule has 0 radical (unpaired) electrons. The number of nitrogens with two attached hydrogens (primary N) is 4. The smallest absolute Gasteiger partial charge is 0.303 e. The van der Waals surface area contributed by atoms with Gasteiger partial charge in [-0.3, -0.25) is 82.1 Å². The Morgan fingerprint density at radius 1 is 0.515 bits per heavy atom. The third kappa shape index (κ3) is 30.4. The number of carbonyl (C=O) groups excluding carboxylic acids is 14. The van der Waals surface area contributed by atoms with E-state index in [1.54, 1.807) is 13.8 Å². The molecule has 0 spiro atoms. The second kappa shape index (κ2) is 46.2. The molecule has 2 rings (SSSR count). The number of amides is 14. The van der Waals surface area contributed by atoms with Crippen LogP contribution in [-0.4, -0.2) is 267 Å². The van der Waals surface area contributed by atoms with Crippen molar-refractivity contribution < 1.29 is 92.0 Å². The minimum absolute atomic E-state index is 0.00758. The maximum Gasteiger partial charge on any atom is 0.303 e. The SMILES string of the molecule is C#CCNC(=O)[C@H](CS)NC(=O)[C@H](CC(N)=O)NC(=O)[C@H](CO)NC(=O)[C@H](CCC(=O)O)NC(=O)[C@H](CS)NC(=O)[C@H](CCC(=O)O)NC(=O)[C@H](CCCNC(=N)N)NC(=O)[C@@H]1CCCN1C(=O)[C@H](CS)NC(=O)[C@@H](NC(=O)[C@H](CCCCN)NC(=O)[C@@H]1CCCN1C(=O)[C@@H](N)CS)C(C)C. The van der Waals surface area contributed by atoms with Crippen molar-refractivity contribution >= 4 is 151 Å². The first-order chi connectivity index (χ1) is 47.7. The van der Waals surface area contributed by atoms with Gasteiger partial charge in [-0.2, -0.15) is 50.5 Å². The number of carbonyl (C=O) groups is 16. The number of aliphatic hydroxyl groups is 1. The Kier molecular flexibility index (Phi) is 40.6. The van der Waals surface area contributed by atoms with Crippen molar-refractivity contribution in [2.75, 3.05) is 62.3 Å². The standard InChI is InChI=1S/C59H97N19O19S4/c1-4-19-65-46(85)37(26-99)73-51(90)35(23-42(62)80)71-52(91)36(24-79)72-48(87)33(14-16-43(81)82)68-53(92)38(27-100)74-49(88)34(15-17-44(83)84)67-47(86)32(11-7-20-66-59(63)64)70-55(94)41-13-9-22-78(41)58(97)39(28-101)75-56(95)45(29(2)3)76-50(89)31(10-5-6-18-60)69-54(93)40-12-8-21-77(40)57(96)30(61)25-98/h1,29-41,45,79,98-101H,5-28,60-61H2,2-3H3,(H2,62,80)(H,65,85)(H,67,86)(H,68,92)(H,69,93)(H,70,94)(H,71,91)(H,72,87)(H,73,90)(H,74,88)(H,75,95)(H,76,89)(H,81,82)(H,83,84)(H4,63,64,66)/t30-,31-,32-,33-,34-,35-,36-,37-,38-,39-,40-,41-,45-/m0/s1. The van der Waals surface area contributed by atoms with Gasteiger partial charge in [-0.15, -0.1) is 6.42 Å². The first-order valence-corrected chi connectivity index (χ1v) is 34.9. The summed E-state index contributed by atoms with van der Waals surface area (Å²) >= 11 is 16.6. The quantitative estimate of drug-likeness (QED) is 0.00885. The molecule has 2 heterocycles. The summed E-state index contributed by atoms with van der Waals surface area (Å²) in [4.78, 5) is 217. The number of carboxylic acid groups (broad SMARTS) is 2. The molecule has 13 atom stereocenters. The molecular weight excluding hydrogens is 1410 g/mol. The number of nitrogens with one attached hydrogen (secondary N) is 13. The normalized spacial score (nSPS) is 17.3. The van der Waals surface area contributed by atoms with Gasteiger partial charge < -0.3 is 112 Å². The summed E-state index contributed by atoms with van der Waals surface area (Å²) in [5.41, 5.74) is 22.4. The number of terminal acetylenes is 1. The highest BCUT2D eigenvalue weighted by Gasteiger charge is 2.42. The van der Waals surface area contributed by atoms with Gasteiger partial charge in [-0.25, -0.2) is 0 Å². The minimum Gasteiger partial charge on any atom is -0.481 e. The maximum absolute atomic E-state index is 14.4. The number of thiol groups is 4. The van der Waals surface area contributed by atoms with Crippen LogP contribution < -0.4 is 86.7 Å². The molecule has 566 valence electrons. The highest BCUT2D eigenvalue weighted by molar-refractivity contribution is 7.80. The fraction of sp³-hybridized carbons (Fsp3) is 0.678. The van der Waals surface area contributed by atoms with Gasteiger partial charge in [0, 0.05) is 55.5 Å². The van der Waals surface area contributed by atoms with Crippen molar-refractivity contribution in [3.63, 3.8) is 0 Å². The van der Waals surface area contributed by atoms with Crippen molar-refractivity contribution in [1.82, 2.24) is 73.6 Å². The third-order valence-corrected chi connectivity index (χ3v) is 17.3. The van der Waals surface area contributed by atoms with Crippen LogP contribution in [0.5, 0.6) is 0 Å². The van der Waals surface area contributed by atoms with Crippen LogP contribution in [0.15, 0.2) is 0 Å². The number of carboxylic acids is 2. The Balaban J connectivity index is 2.39. The van der Waals surface area contributed by atoms with Crippen LogP contribution in [0.3, 0.4) is 0 Å². The predicted octanol–water partition coefficient (Wildman–Crippen LogP) is -8.74. The maximum atomic E-state index is 14.4. The van der Waals surface area contributed by atoms with E-state index in [0.717, 1.165) is 4.90 Å². The molecule has 14 amide bonds.